The molecular formula is C18H30IN3OS. The van der Waals surface area contributed by atoms with Gasteiger partial charge in [0.2, 0.25) is 0 Å². The molecule has 0 radical (unpaired) electrons. The number of halogens is 1. The van der Waals surface area contributed by atoms with Crippen LogP contribution in [-0.4, -0.2) is 38.3 Å². The molecule has 136 valence electrons. The van der Waals surface area contributed by atoms with Crippen LogP contribution in [0.4, 0.5) is 0 Å². The molecule has 0 amide bonds. The summed E-state index contributed by atoms with van der Waals surface area (Å²) >= 11 is 1.76. The predicted octanol–water partition coefficient (Wildman–Crippen LogP) is 3.98. The number of thiophene rings is 1. The molecule has 3 atom stereocenters. The van der Waals surface area contributed by atoms with Gasteiger partial charge in [0.1, 0.15) is 0 Å². The van der Waals surface area contributed by atoms with Crippen LogP contribution in [0.3, 0.4) is 0 Å². The molecule has 0 aromatic carbocycles. The van der Waals surface area contributed by atoms with Crippen LogP contribution in [0.2, 0.25) is 0 Å². The number of guanidine groups is 1. The largest absolute Gasteiger partial charge is 0.378 e. The van der Waals surface area contributed by atoms with E-state index in [1.165, 1.54) is 24.8 Å². The highest BCUT2D eigenvalue weighted by Gasteiger charge is 2.59. The van der Waals surface area contributed by atoms with Crippen molar-refractivity contribution in [1.29, 1.82) is 0 Å². The maximum atomic E-state index is 5.93. The third-order valence-electron chi connectivity index (χ3n) is 5.66. The summed E-state index contributed by atoms with van der Waals surface area (Å²) < 4.78 is 5.93. The number of nitrogens with one attached hydrogen (secondary N) is 2. The van der Waals surface area contributed by atoms with Gasteiger partial charge in [0.15, 0.2) is 5.96 Å². The normalized spacial score (nSPS) is 26.0. The zero-order chi connectivity index (χ0) is 16.3. The van der Waals surface area contributed by atoms with Crippen LogP contribution in [0.5, 0.6) is 0 Å². The molecule has 2 fully saturated rings. The van der Waals surface area contributed by atoms with E-state index in [4.69, 9.17) is 4.74 Å². The summed E-state index contributed by atoms with van der Waals surface area (Å²) in [4.78, 5) is 4.41. The molecule has 1 heterocycles. The van der Waals surface area contributed by atoms with Gasteiger partial charge in [-0.1, -0.05) is 13.3 Å². The smallest absolute Gasteiger partial charge is 0.191 e. The van der Waals surface area contributed by atoms with Crippen LogP contribution in [-0.2, 0) is 4.74 Å². The van der Waals surface area contributed by atoms with Crippen LogP contribution in [0.1, 0.15) is 51.0 Å². The lowest BCUT2D eigenvalue weighted by atomic mass is 9.51. The lowest BCUT2D eigenvalue weighted by Gasteiger charge is -2.61. The zero-order valence-electron chi connectivity index (χ0n) is 14.9. The first-order chi connectivity index (χ1) is 11.2. The topological polar surface area (TPSA) is 45.6 Å². The van der Waals surface area contributed by atoms with Gasteiger partial charge in [-0.15, -0.1) is 24.0 Å². The van der Waals surface area contributed by atoms with E-state index >= 15 is 0 Å². The number of rotatable bonds is 6. The van der Waals surface area contributed by atoms with E-state index in [0.29, 0.717) is 23.5 Å². The van der Waals surface area contributed by atoms with Crippen LogP contribution in [0, 0.1) is 5.41 Å². The van der Waals surface area contributed by atoms with E-state index < -0.39 is 0 Å². The van der Waals surface area contributed by atoms with Crippen molar-refractivity contribution in [3.8, 4) is 0 Å². The van der Waals surface area contributed by atoms with Gasteiger partial charge >= 0.3 is 0 Å². The van der Waals surface area contributed by atoms with Crippen LogP contribution in [0.25, 0.3) is 0 Å². The van der Waals surface area contributed by atoms with Gasteiger partial charge in [-0.2, -0.15) is 11.3 Å². The fourth-order valence-corrected chi connectivity index (χ4v) is 4.71. The van der Waals surface area contributed by atoms with E-state index in [0.717, 1.165) is 25.5 Å². The second kappa shape index (κ2) is 8.85. The molecule has 1 aromatic heterocycles. The standard InChI is InChI=1S/C18H29N3OS.HI/c1-4-22-16-10-15(18(16)7-5-8-18)21-17(19-3)20-11-13(2)14-6-9-23-12-14;/h6,9,12-13,15-16H,4-5,7-8,10-11H2,1-3H3,(H2,19,20,21);1H. The lowest BCUT2D eigenvalue weighted by molar-refractivity contribution is -0.168. The van der Waals surface area contributed by atoms with E-state index in [2.05, 4.69) is 46.3 Å². The second-order valence-corrected chi connectivity index (χ2v) is 7.65. The summed E-state index contributed by atoms with van der Waals surface area (Å²) in [6.07, 6.45) is 5.47. The Morgan fingerprint density at radius 2 is 2.29 bits per heavy atom. The van der Waals surface area contributed by atoms with Crippen molar-refractivity contribution >= 4 is 41.3 Å². The fraction of sp³-hybridized carbons (Fsp3) is 0.722. The minimum absolute atomic E-state index is 0. The third-order valence-corrected chi connectivity index (χ3v) is 6.36. The van der Waals surface area contributed by atoms with Crippen LogP contribution in [0.15, 0.2) is 21.8 Å². The molecule has 2 aliphatic carbocycles. The minimum atomic E-state index is 0. The van der Waals surface area contributed by atoms with Crippen molar-refractivity contribution in [1.82, 2.24) is 10.6 Å². The van der Waals surface area contributed by atoms with E-state index in [-0.39, 0.29) is 24.0 Å². The third kappa shape index (κ3) is 3.90. The molecule has 0 bridgehead atoms. The number of nitrogens with zero attached hydrogens (tertiary/aromatic N) is 1. The van der Waals surface area contributed by atoms with Gasteiger partial charge in [-0.3, -0.25) is 4.99 Å². The summed E-state index contributed by atoms with van der Waals surface area (Å²) in [5, 5.41) is 11.5. The molecule has 4 nitrogen and oxygen atoms in total. The van der Waals surface area contributed by atoms with Crippen molar-refractivity contribution in [3.63, 3.8) is 0 Å². The number of ether oxygens (including phenoxy) is 1. The Balaban J connectivity index is 0.00000208. The Labute approximate surface area is 166 Å². The highest BCUT2D eigenvalue weighted by Crippen LogP contribution is 2.57. The summed E-state index contributed by atoms with van der Waals surface area (Å²) in [5.74, 6) is 1.42. The number of aliphatic imine (C=N–C) groups is 1. The molecule has 1 spiro atoms. The van der Waals surface area contributed by atoms with Crippen molar-refractivity contribution in [2.45, 2.75) is 57.6 Å². The van der Waals surface area contributed by atoms with Crippen molar-refractivity contribution in [3.05, 3.63) is 22.4 Å². The van der Waals surface area contributed by atoms with Gasteiger partial charge in [-0.05, 0) is 54.5 Å². The fourth-order valence-electron chi connectivity index (χ4n) is 3.92. The highest BCUT2D eigenvalue weighted by atomic mass is 127. The lowest BCUT2D eigenvalue weighted by Crippen LogP contribution is -2.68. The highest BCUT2D eigenvalue weighted by molar-refractivity contribution is 14.0. The Morgan fingerprint density at radius 3 is 2.83 bits per heavy atom. The maximum Gasteiger partial charge on any atom is 0.191 e. The Bertz CT molecular complexity index is 530. The van der Waals surface area contributed by atoms with Gasteiger partial charge in [-0.25, -0.2) is 0 Å². The molecule has 2 aliphatic rings. The van der Waals surface area contributed by atoms with Crippen molar-refractivity contribution < 1.29 is 4.74 Å². The predicted molar refractivity (Wildman–Crippen MR) is 113 cm³/mol. The molecule has 0 aliphatic heterocycles. The summed E-state index contributed by atoms with van der Waals surface area (Å²) in [5.41, 5.74) is 1.76. The Morgan fingerprint density at radius 1 is 1.50 bits per heavy atom. The van der Waals surface area contributed by atoms with E-state index in [9.17, 15) is 0 Å². The molecule has 2 N–H and O–H groups in total. The molecule has 3 unspecified atom stereocenters. The number of hydrogen-bond donors (Lipinski definition) is 2. The first-order valence-electron chi connectivity index (χ1n) is 8.80. The van der Waals surface area contributed by atoms with Crippen molar-refractivity contribution in [2.75, 3.05) is 20.2 Å². The minimum Gasteiger partial charge on any atom is -0.378 e. The van der Waals surface area contributed by atoms with Crippen molar-refractivity contribution in [2.24, 2.45) is 10.4 Å². The molecule has 0 saturated heterocycles. The van der Waals surface area contributed by atoms with E-state index in [1.54, 1.807) is 11.3 Å². The Hall–Kier alpha value is -0.340. The van der Waals surface area contributed by atoms with Gasteiger partial charge < -0.3 is 15.4 Å². The van der Waals surface area contributed by atoms with Crippen LogP contribution < -0.4 is 10.6 Å². The first kappa shape index (κ1) is 20.0. The zero-order valence-corrected chi connectivity index (χ0v) is 18.0. The Kier molecular flexibility index (Phi) is 7.37. The maximum absolute atomic E-state index is 5.93. The summed E-state index contributed by atoms with van der Waals surface area (Å²) in [7, 11) is 1.86. The monoisotopic (exact) mass is 463 g/mol. The molecule has 3 rings (SSSR count). The summed E-state index contributed by atoms with van der Waals surface area (Å²) in [6, 6.07) is 2.71. The molecule has 24 heavy (non-hydrogen) atoms. The average molecular weight is 463 g/mol. The average Bonchev–Trinajstić information content (AvgIpc) is 3.01. The van der Waals surface area contributed by atoms with E-state index in [1.807, 2.05) is 7.05 Å². The molecule has 2 saturated carbocycles. The second-order valence-electron chi connectivity index (χ2n) is 6.87. The van der Waals surface area contributed by atoms with Crippen LogP contribution >= 0.6 is 35.3 Å². The van der Waals surface area contributed by atoms with Gasteiger partial charge in [0.25, 0.3) is 0 Å². The molecule has 1 aromatic rings. The number of hydrogen-bond acceptors (Lipinski definition) is 3. The van der Waals surface area contributed by atoms with Gasteiger partial charge in [0, 0.05) is 31.7 Å². The quantitative estimate of drug-likeness (QED) is 0.381. The molecular weight excluding hydrogens is 433 g/mol. The SMILES string of the molecule is CCOC1CC(NC(=NC)NCC(C)c2ccsc2)C12CCC2.I. The summed E-state index contributed by atoms with van der Waals surface area (Å²) in [6.45, 7) is 6.08. The molecule has 6 heteroatoms. The van der Waals surface area contributed by atoms with Gasteiger partial charge in [0.05, 0.1) is 6.10 Å². The first-order valence-corrected chi connectivity index (χ1v) is 9.74.